The van der Waals surface area contributed by atoms with Crippen LogP contribution in [-0.2, 0) is 10.0 Å². The molecule has 1 aliphatic carbocycles. The molecule has 1 N–H and O–H groups in total. The fourth-order valence-electron chi connectivity index (χ4n) is 2.23. The van der Waals surface area contributed by atoms with Crippen molar-refractivity contribution in [2.45, 2.75) is 41.4 Å². The summed E-state index contributed by atoms with van der Waals surface area (Å²) in [4.78, 5) is 0.424. The van der Waals surface area contributed by atoms with Crippen LogP contribution in [0, 0.1) is 0 Å². The minimum Gasteiger partial charge on any atom is -0.208 e. The smallest absolute Gasteiger partial charge is 0.208 e. The molecule has 0 unspecified atom stereocenters. The van der Waals surface area contributed by atoms with Gasteiger partial charge < -0.3 is 0 Å². The van der Waals surface area contributed by atoms with Crippen LogP contribution >= 0.6 is 55.1 Å². The molecular weight excluding hydrogens is 453 g/mol. The molecule has 1 fully saturated rings. The van der Waals surface area contributed by atoms with Crippen LogP contribution in [0.15, 0.2) is 21.5 Å². The van der Waals surface area contributed by atoms with Gasteiger partial charge >= 0.3 is 0 Å². The molecule has 8 heteroatoms. The Bertz CT molecular complexity index is 578. The van der Waals surface area contributed by atoms with Crippen molar-refractivity contribution in [2.24, 2.45) is 0 Å². The van der Waals surface area contributed by atoms with Gasteiger partial charge in [-0.15, -0.1) is 0 Å². The number of hydrogen-bond donors (Lipinski definition) is 1. The molecule has 1 saturated carbocycles. The number of halogens is 4. The van der Waals surface area contributed by atoms with Gasteiger partial charge in [-0.25, -0.2) is 13.1 Å². The summed E-state index contributed by atoms with van der Waals surface area (Å²) < 4.78 is 28.2. The quantitative estimate of drug-likeness (QED) is 0.655. The van der Waals surface area contributed by atoms with Gasteiger partial charge in [-0.1, -0.05) is 55.1 Å². The third-order valence-electron chi connectivity index (χ3n) is 3.21. The van der Waals surface area contributed by atoms with Crippen LogP contribution in [0.2, 0.25) is 10.0 Å². The molecule has 1 aromatic carbocycles. The maximum Gasteiger partial charge on any atom is 0.243 e. The van der Waals surface area contributed by atoms with E-state index in [0.29, 0.717) is 9.30 Å². The number of benzene rings is 1. The van der Waals surface area contributed by atoms with Crippen LogP contribution in [0.5, 0.6) is 0 Å². The molecule has 1 aromatic rings. The van der Waals surface area contributed by atoms with Crippen LogP contribution in [-0.4, -0.2) is 19.3 Å². The summed E-state index contributed by atoms with van der Waals surface area (Å²) in [5, 5.41) is 0.233. The van der Waals surface area contributed by atoms with Crippen molar-refractivity contribution in [2.75, 3.05) is 0 Å². The van der Waals surface area contributed by atoms with Gasteiger partial charge in [-0.05, 0) is 37.8 Å². The van der Waals surface area contributed by atoms with Crippen molar-refractivity contribution in [3.8, 4) is 0 Å². The molecule has 0 heterocycles. The van der Waals surface area contributed by atoms with E-state index in [1.54, 1.807) is 0 Å². The molecule has 0 saturated heterocycles. The Kier molecular flexibility index (Phi) is 5.82. The van der Waals surface area contributed by atoms with E-state index < -0.39 is 10.0 Å². The Morgan fingerprint density at radius 3 is 2.10 bits per heavy atom. The maximum atomic E-state index is 12.4. The lowest BCUT2D eigenvalue weighted by Gasteiger charge is -2.26. The highest BCUT2D eigenvalue weighted by atomic mass is 79.9. The first-order valence-corrected chi connectivity index (χ1v) is 10.1. The SMILES string of the molecule is O=S(=O)(NC1CCC(Br)CC1)c1c(Cl)cc(Br)cc1Cl. The van der Waals surface area contributed by atoms with Crippen molar-refractivity contribution in [3.05, 3.63) is 26.7 Å². The number of rotatable bonds is 3. The monoisotopic (exact) mass is 463 g/mol. The number of sulfonamides is 1. The van der Waals surface area contributed by atoms with Crippen LogP contribution in [0.3, 0.4) is 0 Å². The first-order chi connectivity index (χ1) is 9.29. The topological polar surface area (TPSA) is 46.2 Å². The zero-order chi connectivity index (χ0) is 14.9. The van der Waals surface area contributed by atoms with Gasteiger partial charge in [-0.2, -0.15) is 0 Å². The van der Waals surface area contributed by atoms with Gasteiger partial charge in [0.25, 0.3) is 0 Å². The summed E-state index contributed by atoms with van der Waals surface area (Å²) in [6, 6.07) is 2.99. The lowest BCUT2D eigenvalue weighted by atomic mass is 9.96. The summed E-state index contributed by atoms with van der Waals surface area (Å²) in [5.74, 6) is 0. The Balaban J connectivity index is 2.23. The van der Waals surface area contributed by atoms with Crippen molar-refractivity contribution >= 4 is 65.1 Å². The van der Waals surface area contributed by atoms with Gasteiger partial charge in [0.2, 0.25) is 10.0 Å². The molecule has 20 heavy (non-hydrogen) atoms. The van der Waals surface area contributed by atoms with Gasteiger partial charge in [0.1, 0.15) is 4.90 Å². The fraction of sp³-hybridized carbons (Fsp3) is 0.500. The highest BCUT2D eigenvalue weighted by Gasteiger charge is 2.28. The molecule has 0 spiro atoms. The number of alkyl halides is 1. The van der Waals surface area contributed by atoms with Crippen molar-refractivity contribution < 1.29 is 8.42 Å². The van der Waals surface area contributed by atoms with Crippen molar-refractivity contribution in [1.82, 2.24) is 4.72 Å². The van der Waals surface area contributed by atoms with Crippen LogP contribution in [0.4, 0.5) is 0 Å². The fourth-order valence-corrected chi connectivity index (χ4v) is 6.00. The second kappa shape index (κ2) is 6.84. The van der Waals surface area contributed by atoms with E-state index in [9.17, 15) is 8.42 Å². The predicted molar refractivity (Wildman–Crippen MR) is 89.5 cm³/mol. The van der Waals surface area contributed by atoms with E-state index in [2.05, 4.69) is 36.6 Å². The Morgan fingerprint density at radius 1 is 1.10 bits per heavy atom. The summed E-state index contributed by atoms with van der Waals surface area (Å²) in [5.41, 5.74) is 0. The Hall–Kier alpha value is 0.670. The summed E-state index contributed by atoms with van der Waals surface area (Å²) in [7, 11) is -3.71. The van der Waals surface area contributed by atoms with E-state index >= 15 is 0 Å². The molecular formula is C12H13Br2Cl2NO2S. The first kappa shape index (κ1) is 17.0. The van der Waals surface area contributed by atoms with E-state index in [1.807, 2.05) is 0 Å². The standard InChI is InChI=1S/C12H13Br2Cl2NO2S/c13-7-1-3-9(4-2-7)17-20(18,19)12-10(15)5-8(14)6-11(12)16/h5-7,9,17H,1-4H2. The van der Waals surface area contributed by atoms with Gasteiger partial charge in [0.15, 0.2) is 0 Å². The lowest BCUT2D eigenvalue weighted by Crippen LogP contribution is -2.38. The molecule has 0 amide bonds. The lowest BCUT2D eigenvalue weighted by molar-refractivity contribution is 0.423. The third kappa shape index (κ3) is 4.11. The van der Waals surface area contributed by atoms with E-state index in [0.717, 1.165) is 25.7 Å². The molecule has 0 atom stereocenters. The van der Waals surface area contributed by atoms with Crippen LogP contribution in [0.25, 0.3) is 0 Å². The highest BCUT2D eigenvalue weighted by molar-refractivity contribution is 9.10. The first-order valence-electron chi connectivity index (χ1n) is 6.10. The summed E-state index contributed by atoms with van der Waals surface area (Å²) >= 11 is 18.8. The Labute approximate surface area is 145 Å². The molecule has 1 aliphatic rings. The van der Waals surface area contributed by atoms with E-state index in [4.69, 9.17) is 23.2 Å². The molecule has 2 rings (SSSR count). The second-order valence-electron chi connectivity index (χ2n) is 4.77. The second-order valence-corrected chi connectivity index (χ2v) is 9.44. The Morgan fingerprint density at radius 2 is 1.60 bits per heavy atom. The average Bonchev–Trinajstić information content (AvgIpc) is 2.30. The van der Waals surface area contributed by atoms with Gasteiger partial charge in [0.05, 0.1) is 10.0 Å². The predicted octanol–water partition coefficient (Wildman–Crippen LogP) is 4.74. The average molecular weight is 466 g/mol. The van der Waals surface area contributed by atoms with Gasteiger partial charge in [-0.3, -0.25) is 0 Å². The largest absolute Gasteiger partial charge is 0.243 e. The normalized spacial score (nSPS) is 23.8. The minimum absolute atomic E-state index is 0.0509. The minimum atomic E-state index is -3.71. The van der Waals surface area contributed by atoms with Crippen LogP contribution in [0.1, 0.15) is 25.7 Å². The highest BCUT2D eigenvalue weighted by Crippen LogP contribution is 2.33. The molecule has 112 valence electrons. The number of nitrogens with one attached hydrogen (secondary N) is 1. The molecule has 0 aromatic heterocycles. The summed E-state index contributed by atoms with van der Waals surface area (Å²) in [6.07, 6.45) is 3.52. The van der Waals surface area contributed by atoms with Crippen molar-refractivity contribution in [1.29, 1.82) is 0 Å². The van der Waals surface area contributed by atoms with Crippen molar-refractivity contribution in [3.63, 3.8) is 0 Å². The molecule has 3 nitrogen and oxygen atoms in total. The molecule has 0 radical (unpaired) electrons. The maximum absolute atomic E-state index is 12.4. The third-order valence-corrected chi connectivity index (χ3v) is 7.03. The molecule has 0 aliphatic heterocycles. The molecule has 0 bridgehead atoms. The van der Waals surface area contributed by atoms with E-state index in [1.165, 1.54) is 12.1 Å². The van der Waals surface area contributed by atoms with Gasteiger partial charge in [0, 0.05) is 15.3 Å². The zero-order valence-corrected chi connectivity index (χ0v) is 15.9. The van der Waals surface area contributed by atoms with E-state index in [-0.39, 0.29) is 21.0 Å². The zero-order valence-electron chi connectivity index (χ0n) is 10.4. The summed E-state index contributed by atoms with van der Waals surface area (Å²) in [6.45, 7) is 0. The number of hydrogen-bond acceptors (Lipinski definition) is 2. The van der Waals surface area contributed by atoms with Crippen LogP contribution < -0.4 is 4.72 Å².